The van der Waals surface area contributed by atoms with Crippen LogP contribution >= 0.6 is 11.6 Å². The number of aromatic hydroxyl groups is 1. The van der Waals surface area contributed by atoms with Gasteiger partial charge in [0, 0.05) is 29.3 Å². The number of nitrogen functional groups attached to an aromatic ring is 2. The average Bonchev–Trinajstić information content (AvgIpc) is 2.97. The summed E-state index contributed by atoms with van der Waals surface area (Å²) in [5, 5.41) is 29.1. The van der Waals surface area contributed by atoms with Crippen LogP contribution in [0.4, 0.5) is 49.1 Å². The molecule has 0 fully saturated rings. The van der Waals surface area contributed by atoms with Crippen molar-refractivity contribution in [3.05, 3.63) is 120 Å². The van der Waals surface area contributed by atoms with Crippen LogP contribution in [-0.2, 0) is 12.4 Å². The smallest absolute Gasteiger partial charge is 0.420 e. The van der Waals surface area contributed by atoms with Crippen molar-refractivity contribution in [1.82, 2.24) is 0 Å². The summed E-state index contributed by atoms with van der Waals surface area (Å²) in [6.07, 6.45) is -8.31. The zero-order valence-corrected chi connectivity index (χ0v) is 23.8. The molecule has 4 aromatic rings. The summed E-state index contributed by atoms with van der Waals surface area (Å²) in [6, 6.07) is 13.5. The second-order valence-electron chi connectivity index (χ2n) is 8.81. The van der Waals surface area contributed by atoms with E-state index in [0.29, 0.717) is 35.6 Å². The maximum Gasteiger partial charge on any atom is 0.420 e. The van der Waals surface area contributed by atoms with E-state index in [2.05, 4.69) is 0 Å². The molecule has 0 unspecified atom stereocenters. The number of nitro benzene ring substituents is 2. The molecule has 0 bridgehead atoms. The molecule has 0 heterocycles. The first-order valence-electron chi connectivity index (χ1n) is 12.2. The summed E-state index contributed by atoms with van der Waals surface area (Å²) in [4.78, 5) is 39.6. The van der Waals surface area contributed by atoms with E-state index in [9.17, 15) is 56.2 Å². The molecule has 0 aromatic heterocycles. The van der Waals surface area contributed by atoms with Gasteiger partial charge in [0.2, 0.25) is 0 Å². The van der Waals surface area contributed by atoms with E-state index in [4.69, 9.17) is 32.9 Å². The van der Waals surface area contributed by atoms with Gasteiger partial charge in [0.1, 0.15) is 46.8 Å². The molecule has 47 heavy (non-hydrogen) atoms. The van der Waals surface area contributed by atoms with E-state index in [1.54, 1.807) is 12.1 Å². The third-order valence-electron chi connectivity index (χ3n) is 5.52. The van der Waals surface area contributed by atoms with Crippen LogP contribution in [0.2, 0.25) is 5.02 Å². The monoisotopic (exact) mass is 688 g/mol. The van der Waals surface area contributed by atoms with E-state index in [1.807, 2.05) is 0 Å². The topological polar surface area (TPSA) is 202 Å². The standard InChI is InChI=1S/C14H9F3N2O4.C7H4ClF3N2O2.C7H6O2/c15-14(16,17)10-5-12(19(21)22)11(18)6-13(10)23-9-3-1-8(7-20)2-4-9;8-4-2-5(12)6(13(14)15)1-3(4)7(9,10)11;8-5-6-1-3-7(9)4-2-6/h1-7H,18H2;1-2H,12H2;1-5,9H. The molecule has 12 nitrogen and oxygen atoms in total. The molecule has 248 valence electrons. The largest absolute Gasteiger partial charge is 0.508 e. The molecular weight excluding hydrogens is 670 g/mol. The highest BCUT2D eigenvalue weighted by Gasteiger charge is 2.38. The number of hydrogen-bond donors (Lipinski definition) is 3. The fourth-order valence-electron chi connectivity index (χ4n) is 3.30. The van der Waals surface area contributed by atoms with Crippen molar-refractivity contribution in [2.45, 2.75) is 12.4 Å². The number of anilines is 2. The Kier molecular flexibility index (Phi) is 12.2. The molecule has 5 N–H and O–H groups in total. The first kappa shape index (κ1) is 37.3. The molecule has 19 heteroatoms. The predicted octanol–water partition coefficient (Wildman–Crippen LogP) is 7.85. The normalized spacial score (nSPS) is 10.8. The summed E-state index contributed by atoms with van der Waals surface area (Å²) >= 11 is 5.27. The minimum absolute atomic E-state index is 0.0225. The minimum atomic E-state index is -4.86. The molecule has 0 saturated heterocycles. The third kappa shape index (κ3) is 10.6. The number of halogens is 7. The van der Waals surface area contributed by atoms with E-state index in [-0.39, 0.29) is 11.5 Å². The van der Waals surface area contributed by atoms with Crippen LogP contribution < -0.4 is 16.2 Å². The molecular formula is C28H19ClF6N4O8. The number of carbonyl (C=O) groups is 2. The molecule has 0 aliphatic rings. The van der Waals surface area contributed by atoms with Crippen LogP contribution in [0.3, 0.4) is 0 Å². The Balaban J connectivity index is 0.000000273. The van der Waals surface area contributed by atoms with Gasteiger partial charge >= 0.3 is 12.4 Å². The van der Waals surface area contributed by atoms with Crippen molar-refractivity contribution in [3.63, 3.8) is 0 Å². The van der Waals surface area contributed by atoms with Crippen LogP contribution in [0.1, 0.15) is 31.8 Å². The van der Waals surface area contributed by atoms with Gasteiger partial charge in [0.05, 0.1) is 20.4 Å². The van der Waals surface area contributed by atoms with Gasteiger partial charge in [0.25, 0.3) is 11.4 Å². The van der Waals surface area contributed by atoms with Gasteiger partial charge in [-0.1, -0.05) is 11.6 Å². The van der Waals surface area contributed by atoms with Gasteiger partial charge in [-0.3, -0.25) is 29.8 Å². The number of ether oxygens (including phenoxy) is 1. The molecule has 0 aliphatic heterocycles. The Morgan fingerprint density at radius 3 is 1.51 bits per heavy atom. The fourth-order valence-corrected chi connectivity index (χ4v) is 3.57. The number of nitro groups is 2. The second-order valence-corrected chi connectivity index (χ2v) is 9.21. The van der Waals surface area contributed by atoms with Crippen molar-refractivity contribution in [2.24, 2.45) is 0 Å². The number of phenolic OH excluding ortho intramolecular Hbond substituents is 1. The van der Waals surface area contributed by atoms with Crippen LogP contribution in [0, 0.1) is 20.2 Å². The molecule has 0 radical (unpaired) electrons. The van der Waals surface area contributed by atoms with Gasteiger partial charge < -0.3 is 21.3 Å². The maximum absolute atomic E-state index is 13.1. The Morgan fingerprint density at radius 1 is 0.702 bits per heavy atom. The van der Waals surface area contributed by atoms with Crippen molar-refractivity contribution in [3.8, 4) is 17.2 Å². The number of carbonyl (C=O) groups excluding carboxylic acids is 2. The molecule has 4 aromatic carbocycles. The molecule has 4 rings (SSSR count). The fraction of sp³-hybridized carbons (Fsp3) is 0.0714. The zero-order chi connectivity index (χ0) is 35.7. The molecule has 0 spiro atoms. The lowest BCUT2D eigenvalue weighted by atomic mass is 10.1. The van der Waals surface area contributed by atoms with Crippen LogP contribution in [0.25, 0.3) is 0 Å². The van der Waals surface area contributed by atoms with Gasteiger partial charge in [-0.05, 0) is 54.6 Å². The second kappa shape index (κ2) is 15.4. The lowest BCUT2D eigenvalue weighted by Crippen LogP contribution is -2.09. The highest BCUT2D eigenvalue weighted by molar-refractivity contribution is 6.31. The predicted molar refractivity (Wildman–Crippen MR) is 155 cm³/mol. The first-order chi connectivity index (χ1) is 21.8. The summed E-state index contributed by atoms with van der Waals surface area (Å²) in [7, 11) is 0. The average molecular weight is 689 g/mol. The minimum Gasteiger partial charge on any atom is -0.508 e. The van der Waals surface area contributed by atoms with E-state index < -0.39 is 66.8 Å². The highest BCUT2D eigenvalue weighted by Crippen LogP contribution is 2.43. The molecule has 0 amide bonds. The van der Waals surface area contributed by atoms with Gasteiger partial charge in [-0.2, -0.15) is 26.3 Å². The van der Waals surface area contributed by atoms with Crippen molar-refractivity contribution < 1.29 is 55.6 Å². The summed E-state index contributed by atoms with van der Waals surface area (Å²) in [6.45, 7) is 0. The maximum atomic E-state index is 13.1. The van der Waals surface area contributed by atoms with Crippen LogP contribution in [0.15, 0.2) is 72.8 Å². The first-order valence-corrected chi connectivity index (χ1v) is 12.6. The van der Waals surface area contributed by atoms with Crippen LogP contribution in [-0.4, -0.2) is 27.5 Å². The Labute approximate surface area is 264 Å². The van der Waals surface area contributed by atoms with Gasteiger partial charge in [-0.15, -0.1) is 0 Å². The number of rotatable bonds is 6. The molecule has 0 saturated carbocycles. The summed E-state index contributed by atoms with van der Waals surface area (Å²) in [5.41, 5.74) is 6.30. The Hall–Kier alpha value is -5.91. The quantitative estimate of drug-likeness (QED) is 0.0588. The number of phenols is 1. The van der Waals surface area contributed by atoms with E-state index in [1.165, 1.54) is 36.4 Å². The number of nitrogens with two attached hydrogens (primary N) is 2. The summed E-state index contributed by atoms with van der Waals surface area (Å²) < 4.78 is 81.1. The number of aldehydes is 2. The van der Waals surface area contributed by atoms with E-state index >= 15 is 0 Å². The van der Waals surface area contributed by atoms with Gasteiger partial charge in [-0.25, -0.2) is 0 Å². The molecule has 0 atom stereocenters. The highest BCUT2D eigenvalue weighted by atomic mass is 35.5. The third-order valence-corrected chi connectivity index (χ3v) is 5.84. The number of hydrogen-bond acceptors (Lipinski definition) is 10. The lowest BCUT2D eigenvalue weighted by molar-refractivity contribution is -0.384. The number of nitrogens with zero attached hydrogens (tertiary/aromatic N) is 2. The van der Waals surface area contributed by atoms with Crippen LogP contribution in [0.5, 0.6) is 17.2 Å². The molecule has 0 aliphatic carbocycles. The Bertz CT molecular complexity index is 1770. The summed E-state index contributed by atoms with van der Waals surface area (Å²) in [5.74, 6) is -0.464. The lowest BCUT2D eigenvalue weighted by Gasteiger charge is -2.14. The SMILES string of the molecule is Nc1cc(Cl)c(C(F)(F)F)cc1[N+](=O)[O-].Nc1cc(Oc2ccc(C=O)cc2)c(C(F)(F)F)cc1[N+](=O)[O-].O=Cc1ccc(O)cc1. The van der Waals surface area contributed by atoms with Gasteiger partial charge in [0.15, 0.2) is 0 Å². The number of benzene rings is 4. The van der Waals surface area contributed by atoms with Crippen molar-refractivity contribution in [1.29, 1.82) is 0 Å². The zero-order valence-electron chi connectivity index (χ0n) is 23.1. The van der Waals surface area contributed by atoms with E-state index in [0.717, 1.165) is 12.4 Å². The van der Waals surface area contributed by atoms with Crippen molar-refractivity contribution >= 4 is 46.9 Å². The number of alkyl halides is 6. The Morgan fingerprint density at radius 2 is 1.11 bits per heavy atom. The van der Waals surface area contributed by atoms with Crippen molar-refractivity contribution in [2.75, 3.05) is 11.5 Å².